The highest BCUT2D eigenvalue weighted by molar-refractivity contribution is 7.94. The molecule has 31 heavy (non-hydrogen) atoms. The summed E-state index contributed by atoms with van der Waals surface area (Å²) < 4.78 is 34.0. The van der Waals surface area contributed by atoms with Crippen LogP contribution in [0.3, 0.4) is 0 Å². The van der Waals surface area contributed by atoms with E-state index in [0.717, 1.165) is 16.2 Å². The molecule has 1 atom stereocenters. The predicted octanol–water partition coefficient (Wildman–Crippen LogP) is 2.92. The molecule has 0 spiro atoms. The molecule has 2 aliphatic heterocycles. The number of pyridine rings is 1. The molecule has 2 aromatic heterocycles. The van der Waals surface area contributed by atoms with Crippen molar-refractivity contribution in [1.29, 1.82) is 0 Å². The molecule has 2 aliphatic rings. The van der Waals surface area contributed by atoms with Crippen LogP contribution in [0, 0.1) is 0 Å². The van der Waals surface area contributed by atoms with Gasteiger partial charge in [-0.05, 0) is 43.3 Å². The van der Waals surface area contributed by atoms with Gasteiger partial charge < -0.3 is 4.74 Å². The van der Waals surface area contributed by atoms with Gasteiger partial charge in [0.1, 0.15) is 21.8 Å². The van der Waals surface area contributed by atoms with Gasteiger partial charge in [-0.1, -0.05) is 12.1 Å². The summed E-state index contributed by atoms with van der Waals surface area (Å²) >= 11 is 1.04. The van der Waals surface area contributed by atoms with Crippen LogP contribution in [0.25, 0.3) is 0 Å². The van der Waals surface area contributed by atoms with Crippen LogP contribution < -0.4 is 9.04 Å². The molecule has 4 heterocycles. The summed E-state index contributed by atoms with van der Waals surface area (Å²) in [5.74, 6) is -0.392. The van der Waals surface area contributed by atoms with Crippen molar-refractivity contribution in [2.24, 2.45) is 0 Å². The maximum atomic E-state index is 13.4. The monoisotopic (exact) mass is 455 g/mol. The number of aromatic nitrogens is 1. The summed E-state index contributed by atoms with van der Waals surface area (Å²) in [6.45, 7) is 2.00. The Morgan fingerprint density at radius 2 is 1.90 bits per heavy atom. The van der Waals surface area contributed by atoms with E-state index in [0.29, 0.717) is 16.3 Å². The van der Waals surface area contributed by atoms with Gasteiger partial charge in [-0.15, -0.1) is 11.3 Å². The van der Waals surface area contributed by atoms with Crippen LogP contribution in [0.5, 0.6) is 5.75 Å². The number of anilines is 1. The molecule has 1 aromatic carbocycles. The van der Waals surface area contributed by atoms with Gasteiger partial charge in [0, 0.05) is 11.1 Å². The molecule has 2 amide bonds. The third kappa shape index (κ3) is 3.19. The van der Waals surface area contributed by atoms with E-state index in [1.807, 2.05) is 6.92 Å². The first-order valence-corrected chi connectivity index (χ1v) is 11.8. The first kappa shape index (κ1) is 19.7. The second kappa shape index (κ2) is 7.17. The number of amides is 2. The maximum Gasteiger partial charge on any atom is 0.280 e. The molecule has 0 saturated heterocycles. The number of imide groups is 1. The lowest BCUT2D eigenvalue weighted by molar-refractivity contribution is 0.0642. The molecule has 8 nitrogen and oxygen atoms in total. The van der Waals surface area contributed by atoms with E-state index in [9.17, 15) is 18.0 Å². The molecular weight excluding hydrogens is 438 g/mol. The Balaban J connectivity index is 1.43. The summed E-state index contributed by atoms with van der Waals surface area (Å²) in [6, 6.07) is 13.3. The van der Waals surface area contributed by atoms with Crippen LogP contribution in [-0.2, 0) is 16.6 Å². The molecule has 0 radical (unpaired) electrons. The second-order valence-electron chi connectivity index (χ2n) is 7.25. The topological polar surface area (TPSA) is 96.9 Å². The summed E-state index contributed by atoms with van der Waals surface area (Å²) in [5.41, 5.74) is 0.869. The van der Waals surface area contributed by atoms with Crippen molar-refractivity contribution in [1.82, 2.24) is 9.88 Å². The van der Waals surface area contributed by atoms with E-state index in [1.54, 1.807) is 42.5 Å². The van der Waals surface area contributed by atoms with E-state index >= 15 is 0 Å². The van der Waals surface area contributed by atoms with Crippen LogP contribution in [0.2, 0.25) is 0 Å². The fourth-order valence-electron chi connectivity index (χ4n) is 3.68. The zero-order valence-corrected chi connectivity index (χ0v) is 18.0. The molecule has 0 saturated carbocycles. The fraction of sp³-hybridized carbons (Fsp3) is 0.190. The normalized spacial score (nSPS) is 18.0. The number of para-hydroxylation sites is 2. The van der Waals surface area contributed by atoms with Gasteiger partial charge in [0.25, 0.3) is 21.8 Å². The minimum atomic E-state index is -3.83. The summed E-state index contributed by atoms with van der Waals surface area (Å²) in [5, 5.41) is 0. The smallest absolute Gasteiger partial charge is 0.280 e. The molecule has 0 bridgehead atoms. The minimum Gasteiger partial charge on any atom is -0.487 e. The van der Waals surface area contributed by atoms with Gasteiger partial charge in [-0.2, -0.15) is 0 Å². The molecule has 158 valence electrons. The minimum absolute atomic E-state index is 0.00961. The Hall–Kier alpha value is -3.24. The second-order valence-corrected chi connectivity index (χ2v) is 10.5. The van der Waals surface area contributed by atoms with Crippen molar-refractivity contribution in [2.45, 2.75) is 23.8 Å². The van der Waals surface area contributed by atoms with E-state index in [1.165, 1.54) is 16.6 Å². The predicted molar refractivity (Wildman–Crippen MR) is 114 cm³/mol. The lowest BCUT2D eigenvalue weighted by Crippen LogP contribution is -2.42. The van der Waals surface area contributed by atoms with Crippen molar-refractivity contribution in [3.05, 3.63) is 70.9 Å². The molecule has 3 aromatic rings. The van der Waals surface area contributed by atoms with Crippen molar-refractivity contribution in [3.63, 3.8) is 0 Å². The standard InChI is InChI=1S/C21H17N3O5S2/c1-13-11-24(16-6-2-3-7-17(16)29-13)31(27,28)18-9-8-14(30-18)12-23-20(25)15-5-4-10-22-19(15)21(23)26/h2-10,13H,11-12H2,1H3/t13-/m1/s1. The van der Waals surface area contributed by atoms with Crippen LogP contribution >= 0.6 is 11.3 Å². The first-order valence-electron chi connectivity index (χ1n) is 9.54. The number of rotatable bonds is 4. The maximum absolute atomic E-state index is 13.4. The molecule has 0 fully saturated rings. The van der Waals surface area contributed by atoms with Gasteiger partial charge in [-0.25, -0.2) is 8.42 Å². The first-order chi connectivity index (χ1) is 14.9. The van der Waals surface area contributed by atoms with E-state index in [-0.39, 0.29) is 34.7 Å². The van der Waals surface area contributed by atoms with Crippen molar-refractivity contribution in [2.75, 3.05) is 10.8 Å². The number of sulfonamides is 1. The molecular formula is C21H17N3O5S2. The fourth-order valence-corrected chi connectivity index (χ4v) is 6.69. The van der Waals surface area contributed by atoms with Crippen molar-refractivity contribution in [3.8, 4) is 5.75 Å². The zero-order chi connectivity index (χ0) is 21.8. The number of carbonyl (C=O) groups is 2. The van der Waals surface area contributed by atoms with Gasteiger partial charge >= 0.3 is 0 Å². The Bertz CT molecular complexity index is 1280. The van der Waals surface area contributed by atoms with Gasteiger partial charge in [0.2, 0.25) is 0 Å². The van der Waals surface area contributed by atoms with Crippen molar-refractivity contribution >= 4 is 38.9 Å². The number of fused-ring (bicyclic) bond motifs is 2. The number of hydrogen-bond donors (Lipinski definition) is 0. The van der Waals surface area contributed by atoms with Crippen LogP contribution in [0.15, 0.2) is 58.9 Å². The van der Waals surface area contributed by atoms with E-state index in [4.69, 9.17) is 4.74 Å². The number of benzene rings is 1. The molecule has 0 aliphatic carbocycles. The van der Waals surface area contributed by atoms with E-state index in [2.05, 4.69) is 4.98 Å². The SMILES string of the molecule is C[C@@H]1CN(S(=O)(=O)c2ccc(CN3C(=O)c4cccnc4C3=O)s2)c2ccccc2O1. The van der Waals surface area contributed by atoms with Crippen LogP contribution in [0.1, 0.15) is 32.6 Å². The number of nitrogens with zero attached hydrogens (tertiary/aromatic N) is 3. The van der Waals surface area contributed by atoms with E-state index < -0.39 is 21.8 Å². The highest BCUT2D eigenvalue weighted by Gasteiger charge is 2.38. The highest BCUT2D eigenvalue weighted by atomic mass is 32.2. The Kier molecular flexibility index (Phi) is 4.56. The average Bonchev–Trinajstić information content (AvgIpc) is 3.33. The van der Waals surface area contributed by atoms with Crippen LogP contribution in [0.4, 0.5) is 5.69 Å². The summed E-state index contributed by atoms with van der Waals surface area (Å²) in [7, 11) is -3.83. The Morgan fingerprint density at radius 1 is 1.10 bits per heavy atom. The lowest BCUT2D eigenvalue weighted by Gasteiger charge is -2.33. The van der Waals surface area contributed by atoms with Crippen molar-refractivity contribution < 1.29 is 22.7 Å². The number of carbonyl (C=O) groups excluding carboxylic acids is 2. The van der Waals surface area contributed by atoms with Gasteiger partial charge in [0.05, 0.1) is 24.3 Å². The lowest BCUT2D eigenvalue weighted by atomic mass is 10.2. The number of hydrogen-bond acceptors (Lipinski definition) is 7. The third-order valence-corrected chi connectivity index (χ3v) is 8.43. The number of thiophene rings is 1. The quantitative estimate of drug-likeness (QED) is 0.561. The van der Waals surface area contributed by atoms with Gasteiger partial charge in [-0.3, -0.25) is 23.8 Å². The highest BCUT2D eigenvalue weighted by Crippen LogP contribution is 2.38. The molecule has 5 rings (SSSR count). The Labute approximate surface area is 182 Å². The Morgan fingerprint density at radius 3 is 2.71 bits per heavy atom. The zero-order valence-electron chi connectivity index (χ0n) is 16.4. The largest absolute Gasteiger partial charge is 0.487 e. The molecule has 10 heteroatoms. The number of ether oxygens (including phenoxy) is 1. The molecule has 0 unspecified atom stereocenters. The summed E-state index contributed by atoms with van der Waals surface area (Å²) in [6.07, 6.45) is 1.17. The van der Waals surface area contributed by atoms with Gasteiger partial charge in [0.15, 0.2) is 0 Å². The average molecular weight is 456 g/mol. The molecule has 0 N–H and O–H groups in total. The summed E-state index contributed by atoms with van der Waals surface area (Å²) in [4.78, 5) is 30.8. The van der Waals surface area contributed by atoms with Crippen LogP contribution in [-0.4, -0.2) is 42.8 Å². The third-order valence-electron chi connectivity index (χ3n) is 5.11.